The minimum Gasteiger partial charge on any atom is -0.497 e. The Morgan fingerprint density at radius 2 is 1.93 bits per heavy atom. The van der Waals surface area contributed by atoms with Crippen LogP contribution in [0.1, 0.15) is 38.3 Å². The molecule has 146 valence electrons. The molecule has 1 aliphatic carbocycles. The van der Waals surface area contributed by atoms with E-state index in [9.17, 15) is 5.11 Å². The molecule has 1 atom stereocenters. The number of hydrogen-bond donors (Lipinski definition) is 3. The van der Waals surface area contributed by atoms with Crippen LogP contribution < -0.4 is 20.1 Å². The molecule has 3 rings (SSSR count). The monoisotopic (exact) mass is 372 g/mol. The highest BCUT2D eigenvalue weighted by atomic mass is 16.5. The highest BCUT2D eigenvalue weighted by molar-refractivity contribution is 5.66. The molecule has 0 bridgehead atoms. The smallest absolute Gasteiger partial charge is 0.225 e. The quantitative estimate of drug-likeness (QED) is 0.620. The summed E-state index contributed by atoms with van der Waals surface area (Å²) in [4.78, 5) is 9.25. The average Bonchev–Trinajstić information content (AvgIpc) is 3.51. The third-order valence-corrected chi connectivity index (χ3v) is 4.73. The number of aromatic nitrogens is 2. The standard InChI is InChI=1S/C20H28N4O3/c1-12(2)17(11-25)23-20-22-16(13-5-6-13)10-19(24-20)21-15-8-7-14(26-3)9-18(15)27-4/h7-10,12-13,17,25H,5-6,11H2,1-4H3,(H2,21,22,23,24)/t17-/m0/s1. The molecule has 2 aromatic rings. The molecule has 1 aromatic heterocycles. The molecule has 7 nitrogen and oxygen atoms in total. The first kappa shape index (κ1) is 19.2. The van der Waals surface area contributed by atoms with Crippen molar-refractivity contribution in [3.8, 4) is 11.5 Å². The molecule has 0 amide bonds. The van der Waals surface area contributed by atoms with Gasteiger partial charge in [0.05, 0.1) is 38.2 Å². The molecule has 7 heteroatoms. The van der Waals surface area contributed by atoms with Crippen molar-refractivity contribution in [2.24, 2.45) is 5.92 Å². The fourth-order valence-electron chi connectivity index (χ4n) is 2.81. The maximum absolute atomic E-state index is 9.61. The number of aliphatic hydroxyl groups excluding tert-OH is 1. The van der Waals surface area contributed by atoms with Crippen LogP contribution in [0.2, 0.25) is 0 Å². The van der Waals surface area contributed by atoms with Crippen LogP contribution in [-0.4, -0.2) is 41.9 Å². The highest BCUT2D eigenvalue weighted by Crippen LogP contribution is 2.40. The first-order chi connectivity index (χ1) is 13.0. The van der Waals surface area contributed by atoms with E-state index in [2.05, 4.69) is 34.4 Å². The molecule has 0 radical (unpaired) electrons. The molecular weight excluding hydrogens is 344 g/mol. The van der Waals surface area contributed by atoms with E-state index in [-0.39, 0.29) is 18.6 Å². The Labute approximate surface area is 160 Å². The zero-order chi connectivity index (χ0) is 19.4. The van der Waals surface area contributed by atoms with Gasteiger partial charge in [0.2, 0.25) is 5.95 Å². The summed E-state index contributed by atoms with van der Waals surface area (Å²) >= 11 is 0. The van der Waals surface area contributed by atoms with Crippen molar-refractivity contribution in [3.05, 3.63) is 30.0 Å². The Morgan fingerprint density at radius 3 is 2.52 bits per heavy atom. The van der Waals surface area contributed by atoms with Crippen molar-refractivity contribution in [2.45, 2.75) is 38.6 Å². The third kappa shape index (κ3) is 4.80. The molecule has 0 spiro atoms. The number of nitrogens with one attached hydrogen (secondary N) is 2. The third-order valence-electron chi connectivity index (χ3n) is 4.73. The van der Waals surface area contributed by atoms with Crippen molar-refractivity contribution in [3.63, 3.8) is 0 Å². The van der Waals surface area contributed by atoms with E-state index in [1.54, 1.807) is 14.2 Å². The van der Waals surface area contributed by atoms with Gasteiger partial charge < -0.3 is 25.2 Å². The highest BCUT2D eigenvalue weighted by Gasteiger charge is 2.27. The van der Waals surface area contributed by atoms with Crippen LogP contribution in [0.15, 0.2) is 24.3 Å². The van der Waals surface area contributed by atoms with E-state index < -0.39 is 0 Å². The Morgan fingerprint density at radius 1 is 1.15 bits per heavy atom. The van der Waals surface area contributed by atoms with Crippen molar-refractivity contribution in [1.29, 1.82) is 0 Å². The number of aliphatic hydroxyl groups is 1. The molecule has 27 heavy (non-hydrogen) atoms. The fraction of sp³-hybridized carbons (Fsp3) is 0.500. The predicted molar refractivity (Wildman–Crippen MR) is 106 cm³/mol. The van der Waals surface area contributed by atoms with E-state index in [0.29, 0.717) is 23.4 Å². The molecule has 1 saturated carbocycles. The minimum absolute atomic E-state index is 0.0315. The summed E-state index contributed by atoms with van der Waals surface area (Å²) in [5.41, 5.74) is 1.81. The second-order valence-corrected chi connectivity index (χ2v) is 7.14. The van der Waals surface area contributed by atoms with E-state index in [4.69, 9.17) is 9.47 Å². The average molecular weight is 372 g/mol. The molecule has 1 heterocycles. The van der Waals surface area contributed by atoms with Crippen LogP contribution in [0, 0.1) is 5.92 Å². The lowest BCUT2D eigenvalue weighted by Gasteiger charge is -2.21. The van der Waals surface area contributed by atoms with Gasteiger partial charge in [-0.1, -0.05) is 13.8 Å². The molecular formula is C20H28N4O3. The van der Waals surface area contributed by atoms with Gasteiger partial charge in [-0.3, -0.25) is 0 Å². The summed E-state index contributed by atoms with van der Waals surface area (Å²) in [7, 11) is 3.25. The number of methoxy groups -OCH3 is 2. The zero-order valence-electron chi connectivity index (χ0n) is 16.3. The van der Waals surface area contributed by atoms with Crippen molar-refractivity contribution >= 4 is 17.5 Å². The normalized spacial score (nSPS) is 14.7. The fourth-order valence-corrected chi connectivity index (χ4v) is 2.81. The van der Waals surface area contributed by atoms with Crippen LogP contribution in [-0.2, 0) is 0 Å². The van der Waals surface area contributed by atoms with Gasteiger partial charge in [-0.05, 0) is 30.9 Å². The maximum Gasteiger partial charge on any atom is 0.225 e. The maximum atomic E-state index is 9.61. The van der Waals surface area contributed by atoms with Gasteiger partial charge in [-0.2, -0.15) is 4.98 Å². The summed E-state index contributed by atoms with van der Waals surface area (Å²) in [6, 6.07) is 7.48. The van der Waals surface area contributed by atoms with Crippen molar-refractivity contribution in [2.75, 3.05) is 31.5 Å². The van der Waals surface area contributed by atoms with Gasteiger partial charge >= 0.3 is 0 Å². The molecule has 1 aliphatic rings. The number of anilines is 3. The Kier molecular flexibility index (Phi) is 6.01. The summed E-state index contributed by atoms with van der Waals surface area (Å²) in [6.45, 7) is 4.14. The molecule has 0 aliphatic heterocycles. The number of rotatable bonds is 9. The van der Waals surface area contributed by atoms with Gasteiger partial charge in [0, 0.05) is 18.1 Å². The van der Waals surface area contributed by atoms with Crippen LogP contribution in [0.5, 0.6) is 11.5 Å². The second-order valence-electron chi connectivity index (χ2n) is 7.14. The lowest BCUT2D eigenvalue weighted by Crippen LogP contribution is -2.30. The Bertz CT molecular complexity index is 778. The lowest BCUT2D eigenvalue weighted by molar-refractivity contribution is 0.248. The van der Waals surface area contributed by atoms with Crippen LogP contribution >= 0.6 is 0 Å². The number of ether oxygens (including phenoxy) is 2. The number of nitrogens with zero attached hydrogens (tertiary/aromatic N) is 2. The van der Waals surface area contributed by atoms with Gasteiger partial charge in [0.1, 0.15) is 17.3 Å². The van der Waals surface area contributed by atoms with E-state index in [0.717, 1.165) is 30.0 Å². The first-order valence-electron chi connectivity index (χ1n) is 9.29. The van der Waals surface area contributed by atoms with Gasteiger partial charge in [-0.15, -0.1) is 0 Å². The van der Waals surface area contributed by atoms with Gasteiger partial charge in [0.25, 0.3) is 0 Å². The van der Waals surface area contributed by atoms with Crippen molar-refractivity contribution < 1.29 is 14.6 Å². The zero-order valence-corrected chi connectivity index (χ0v) is 16.3. The molecule has 0 unspecified atom stereocenters. The predicted octanol–water partition coefficient (Wildman–Crippen LogP) is 3.54. The topological polar surface area (TPSA) is 88.5 Å². The van der Waals surface area contributed by atoms with E-state index >= 15 is 0 Å². The first-order valence-corrected chi connectivity index (χ1v) is 9.29. The second kappa shape index (κ2) is 8.43. The largest absolute Gasteiger partial charge is 0.497 e. The summed E-state index contributed by atoms with van der Waals surface area (Å²) in [6.07, 6.45) is 2.30. The number of hydrogen-bond acceptors (Lipinski definition) is 7. The Balaban J connectivity index is 1.88. The molecule has 0 saturated heterocycles. The number of benzene rings is 1. The van der Waals surface area contributed by atoms with Crippen LogP contribution in [0.3, 0.4) is 0 Å². The van der Waals surface area contributed by atoms with Gasteiger partial charge in [0.15, 0.2) is 0 Å². The van der Waals surface area contributed by atoms with E-state index in [1.165, 1.54) is 0 Å². The molecule has 3 N–H and O–H groups in total. The summed E-state index contributed by atoms with van der Waals surface area (Å²) in [5, 5.41) is 16.2. The minimum atomic E-state index is -0.0946. The summed E-state index contributed by atoms with van der Waals surface area (Å²) < 4.78 is 10.7. The summed E-state index contributed by atoms with van der Waals surface area (Å²) in [5.74, 6) is 3.37. The van der Waals surface area contributed by atoms with Crippen molar-refractivity contribution in [1.82, 2.24) is 9.97 Å². The lowest BCUT2D eigenvalue weighted by atomic mass is 10.1. The Hall–Kier alpha value is -2.54. The van der Waals surface area contributed by atoms with Gasteiger partial charge in [-0.25, -0.2) is 4.98 Å². The van der Waals surface area contributed by atoms with Crippen LogP contribution in [0.25, 0.3) is 0 Å². The molecule has 1 aromatic carbocycles. The molecule has 1 fully saturated rings. The SMILES string of the molecule is COc1ccc(Nc2cc(C3CC3)nc(N[C@@H](CO)C(C)C)n2)c(OC)c1. The van der Waals surface area contributed by atoms with Crippen LogP contribution in [0.4, 0.5) is 17.5 Å². The van der Waals surface area contributed by atoms with E-state index in [1.807, 2.05) is 24.3 Å².